The summed E-state index contributed by atoms with van der Waals surface area (Å²) in [6, 6.07) is 12.6. The van der Waals surface area contributed by atoms with E-state index in [-0.39, 0.29) is 12.1 Å². The number of para-hydroxylation sites is 1. The molecule has 2 bridgehead atoms. The molecule has 2 aliphatic rings. The highest BCUT2D eigenvalue weighted by atomic mass is 35.5. The van der Waals surface area contributed by atoms with Crippen molar-refractivity contribution < 1.29 is 14.3 Å². The highest BCUT2D eigenvalue weighted by Gasteiger charge is 2.50. The van der Waals surface area contributed by atoms with Crippen LogP contribution in [0.2, 0.25) is 5.02 Å². The Morgan fingerprint density at radius 3 is 2.75 bits per heavy atom. The van der Waals surface area contributed by atoms with Crippen molar-refractivity contribution in [3.8, 4) is 11.5 Å². The molecule has 5 nitrogen and oxygen atoms in total. The smallest absolute Gasteiger partial charge is 0.325 e. The Kier molecular flexibility index (Phi) is 3.35. The number of hydrogen-bond acceptors (Lipinski definition) is 3. The molecule has 0 radical (unpaired) electrons. The van der Waals surface area contributed by atoms with Crippen LogP contribution in [0.4, 0.5) is 10.5 Å². The van der Waals surface area contributed by atoms with Crippen LogP contribution in [0.25, 0.3) is 0 Å². The molecule has 4 rings (SSSR count). The van der Waals surface area contributed by atoms with Crippen LogP contribution in [0.15, 0.2) is 42.5 Å². The third-order valence-electron chi connectivity index (χ3n) is 4.57. The first-order valence-electron chi connectivity index (χ1n) is 7.74. The molecule has 1 N–H and O–H groups in total. The summed E-state index contributed by atoms with van der Waals surface area (Å²) in [6.07, 6.45) is 0.640. The van der Waals surface area contributed by atoms with Gasteiger partial charge in [-0.25, -0.2) is 4.79 Å². The predicted octanol–water partition coefficient (Wildman–Crippen LogP) is 4.12. The number of methoxy groups -OCH3 is 1. The first kappa shape index (κ1) is 15.1. The SMILES string of the molecule is COc1cccc2c1OC1(C)CC2NC(=O)N1c1ccc(Cl)cc1. The lowest BCUT2D eigenvalue weighted by Gasteiger charge is -2.50. The van der Waals surface area contributed by atoms with Gasteiger partial charge in [-0.1, -0.05) is 23.7 Å². The molecule has 1 saturated heterocycles. The largest absolute Gasteiger partial charge is 0.493 e. The molecule has 1 fully saturated rings. The minimum absolute atomic E-state index is 0.107. The van der Waals surface area contributed by atoms with E-state index in [0.717, 1.165) is 11.3 Å². The molecule has 2 heterocycles. The second-order valence-corrected chi connectivity index (χ2v) is 6.61. The van der Waals surface area contributed by atoms with Gasteiger partial charge in [0.25, 0.3) is 0 Å². The van der Waals surface area contributed by atoms with E-state index in [2.05, 4.69) is 5.32 Å². The summed E-state index contributed by atoms with van der Waals surface area (Å²) in [5, 5.41) is 3.68. The Balaban J connectivity index is 1.81. The molecule has 2 aromatic carbocycles. The van der Waals surface area contributed by atoms with Gasteiger partial charge in [0.15, 0.2) is 17.2 Å². The molecule has 2 amide bonds. The summed E-state index contributed by atoms with van der Waals surface area (Å²) in [5.41, 5.74) is 0.870. The Morgan fingerprint density at radius 1 is 1.29 bits per heavy atom. The van der Waals surface area contributed by atoms with Crippen molar-refractivity contribution in [2.75, 3.05) is 12.0 Å². The second kappa shape index (κ2) is 5.31. The van der Waals surface area contributed by atoms with E-state index >= 15 is 0 Å². The number of nitrogens with one attached hydrogen (secondary N) is 1. The Morgan fingerprint density at radius 2 is 2.04 bits per heavy atom. The number of rotatable bonds is 2. The van der Waals surface area contributed by atoms with Crippen molar-refractivity contribution in [1.82, 2.24) is 5.32 Å². The Labute approximate surface area is 145 Å². The van der Waals surface area contributed by atoms with Crippen LogP contribution in [0.1, 0.15) is 24.9 Å². The number of carbonyl (C=O) groups excluding carboxylic acids is 1. The minimum Gasteiger partial charge on any atom is -0.493 e. The van der Waals surface area contributed by atoms with Crippen LogP contribution in [0, 0.1) is 0 Å². The second-order valence-electron chi connectivity index (χ2n) is 6.17. The van der Waals surface area contributed by atoms with Crippen LogP contribution in [-0.2, 0) is 0 Å². The van der Waals surface area contributed by atoms with E-state index in [4.69, 9.17) is 21.1 Å². The lowest BCUT2D eigenvalue weighted by Crippen LogP contribution is -2.65. The average molecular weight is 345 g/mol. The third-order valence-corrected chi connectivity index (χ3v) is 4.82. The number of benzene rings is 2. The standard InChI is InChI=1S/C18H17ClN2O3/c1-18-10-14(13-4-3-5-15(23-2)16(13)24-18)20-17(22)21(18)12-8-6-11(19)7-9-12/h3-9,14H,10H2,1-2H3,(H,20,22). The molecular weight excluding hydrogens is 328 g/mol. The maximum Gasteiger partial charge on any atom is 0.325 e. The number of amides is 2. The van der Waals surface area contributed by atoms with Gasteiger partial charge in [-0.3, -0.25) is 4.90 Å². The zero-order chi connectivity index (χ0) is 16.9. The maximum absolute atomic E-state index is 12.7. The van der Waals surface area contributed by atoms with Crippen LogP contribution < -0.4 is 19.7 Å². The maximum atomic E-state index is 12.7. The van der Waals surface area contributed by atoms with Crippen LogP contribution in [0.5, 0.6) is 11.5 Å². The number of carbonyl (C=O) groups is 1. The fourth-order valence-corrected chi connectivity index (χ4v) is 3.63. The molecule has 124 valence electrons. The van der Waals surface area contributed by atoms with E-state index in [9.17, 15) is 4.79 Å². The van der Waals surface area contributed by atoms with Gasteiger partial charge < -0.3 is 14.8 Å². The van der Waals surface area contributed by atoms with E-state index in [0.29, 0.717) is 22.9 Å². The summed E-state index contributed by atoms with van der Waals surface area (Å²) in [5.74, 6) is 1.34. The molecular formula is C18H17ClN2O3. The van der Waals surface area contributed by atoms with E-state index < -0.39 is 5.72 Å². The van der Waals surface area contributed by atoms with Crippen molar-refractivity contribution in [3.05, 3.63) is 53.1 Å². The Hall–Kier alpha value is -2.40. The molecule has 24 heavy (non-hydrogen) atoms. The summed E-state index contributed by atoms with van der Waals surface area (Å²) in [4.78, 5) is 14.4. The van der Waals surface area contributed by atoms with Crippen molar-refractivity contribution in [2.24, 2.45) is 0 Å². The van der Waals surface area contributed by atoms with Crippen molar-refractivity contribution in [2.45, 2.75) is 25.1 Å². The van der Waals surface area contributed by atoms with Gasteiger partial charge >= 0.3 is 6.03 Å². The minimum atomic E-state index is -0.803. The highest BCUT2D eigenvalue weighted by molar-refractivity contribution is 6.30. The van der Waals surface area contributed by atoms with Gasteiger partial charge in [-0.05, 0) is 37.3 Å². The molecule has 2 aliphatic heterocycles. The van der Waals surface area contributed by atoms with Gasteiger partial charge in [0, 0.05) is 22.7 Å². The molecule has 2 unspecified atom stereocenters. The van der Waals surface area contributed by atoms with E-state index in [1.807, 2.05) is 37.3 Å². The van der Waals surface area contributed by atoms with Crippen molar-refractivity contribution >= 4 is 23.3 Å². The average Bonchev–Trinajstić information content (AvgIpc) is 2.55. The normalized spacial score (nSPS) is 24.7. The number of ether oxygens (including phenoxy) is 2. The summed E-state index contributed by atoms with van der Waals surface area (Å²) in [7, 11) is 1.61. The zero-order valence-corrected chi connectivity index (χ0v) is 14.1. The number of halogens is 1. The van der Waals surface area contributed by atoms with Gasteiger partial charge in [0.05, 0.1) is 13.2 Å². The summed E-state index contributed by atoms with van der Waals surface area (Å²) >= 11 is 5.97. The topological polar surface area (TPSA) is 50.8 Å². The Bertz CT molecular complexity index is 808. The highest BCUT2D eigenvalue weighted by Crippen LogP contribution is 2.48. The number of fused-ring (bicyclic) bond motifs is 4. The fraction of sp³-hybridized carbons (Fsp3) is 0.278. The molecule has 2 aromatic rings. The van der Waals surface area contributed by atoms with Gasteiger partial charge in [-0.2, -0.15) is 0 Å². The first-order valence-corrected chi connectivity index (χ1v) is 8.12. The quantitative estimate of drug-likeness (QED) is 0.891. The van der Waals surface area contributed by atoms with Gasteiger partial charge in [-0.15, -0.1) is 0 Å². The molecule has 0 spiro atoms. The summed E-state index contributed by atoms with van der Waals surface area (Å²) in [6.45, 7) is 1.92. The molecule has 6 heteroatoms. The van der Waals surface area contributed by atoms with Crippen molar-refractivity contribution in [3.63, 3.8) is 0 Å². The van der Waals surface area contributed by atoms with Gasteiger partial charge in [0.2, 0.25) is 0 Å². The first-order chi connectivity index (χ1) is 11.5. The predicted molar refractivity (Wildman–Crippen MR) is 91.8 cm³/mol. The van der Waals surface area contributed by atoms with Gasteiger partial charge in [0.1, 0.15) is 0 Å². The number of nitrogens with zero attached hydrogens (tertiary/aromatic N) is 1. The monoisotopic (exact) mass is 344 g/mol. The summed E-state index contributed by atoms with van der Waals surface area (Å²) < 4.78 is 11.7. The molecule has 0 aromatic heterocycles. The molecule has 0 aliphatic carbocycles. The van der Waals surface area contributed by atoms with Crippen LogP contribution in [-0.4, -0.2) is 18.9 Å². The van der Waals surface area contributed by atoms with Crippen LogP contribution in [0.3, 0.4) is 0 Å². The lowest BCUT2D eigenvalue weighted by molar-refractivity contribution is 0.0349. The zero-order valence-electron chi connectivity index (χ0n) is 13.4. The lowest BCUT2D eigenvalue weighted by atomic mass is 9.90. The number of urea groups is 1. The fourth-order valence-electron chi connectivity index (χ4n) is 3.50. The third kappa shape index (κ3) is 2.19. The van der Waals surface area contributed by atoms with E-state index in [1.54, 1.807) is 24.1 Å². The molecule has 2 atom stereocenters. The van der Waals surface area contributed by atoms with Crippen LogP contribution >= 0.6 is 11.6 Å². The number of hydrogen-bond donors (Lipinski definition) is 1. The van der Waals surface area contributed by atoms with E-state index in [1.165, 1.54) is 0 Å². The number of anilines is 1. The van der Waals surface area contributed by atoms with Crippen molar-refractivity contribution in [1.29, 1.82) is 0 Å². The molecule has 0 saturated carbocycles.